The van der Waals surface area contributed by atoms with Crippen LogP contribution in [0.5, 0.6) is 5.75 Å². The summed E-state index contributed by atoms with van der Waals surface area (Å²) in [6, 6.07) is 18.3. The smallest absolute Gasteiger partial charge is 0.124 e. The zero-order valence-corrected chi connectivity index (χ0v) is 11.2. The van der Waals surface area contributed by atoms with E-state index in [1.54, 1.807) is 0 Å². The van der Waals surface area contributed by atoms with Gasteiger partial charge in [-0.25, -0.2) is 0 Å². The van der Waals surface area contributed by atoms with Gasteiger partial charge in [0.25, 0.3) is 0 Å². The molecule has 0 atom stereocenters. The SMILES string of the molecule is CNCc1ccccc1OCc1ccccc1.Cl. The Balaban J connectivity index is 0.00000162. The lowest BCUT2D eigenvalue weighted by atomic mass is 10.2. The van der Waals surface area contributed by atoms with Crippen molar-refractivity contribution in [3.63, 3.8) is 0 Å². The summed E-state index contributed by atoms with van der Waals surface area (Å²) < 4.78 is 5.84. The van der Waals surface area contributed by atoms with Crippen molar-refractivity contribution >= 4 is 12.4 Å². The van der Waals surface area contributed by atoms with Crippen LogP contribution in [0.25, 0.3) is 0 Å². The second-order valence-electron chi connectivity index (χ2n) is 3.91. The van der Waals surface area contributed by atoms with Crippen LogP contribution in [0.2, 0.25) is 0 Å². The predicted molar refractivity (Wildman–Crippen MR) is 77.2 cm³/mol. The fraction of sp³-hybridized carbons (Fsp3) is 0.200. The van der Waals surface area contributed by atoms with Gasteiger partial charge in [0.1, 0.15) is 12.4 Å². The number of rotatable bonds is 5. The van der Waals surface area contributed by atoms with Crippen molar-refractivity contribution < 1.29 is 4.74 Å². The summed E-state index contributed by atoms with van der Waals surface area (Å²) in [6.07, 6.45) is 0. The number of nitrogens with one attached hydrogen (secondary N) is 1. The Morgan fingerprint density at radius 3 is 2.33 bits per heavy atom. The number of benzene rings is 2. The van der Waals surface area contributed by atoms with Crippen LogP contribution in [0.1, 0.15) is 11.1 Å². The minimum atomic E-state index is 0. The minimum Gasteiger partial charge on any atom is -0.489 e. The van der Waals surface area contributed by atoms with Crippen molar-refractivity contribution in [3.05, 3.63) is 65.7 Å². The monoisotopic (exact) mass is 263 g/mol. The summed E-state index contributed by atoms with van der Waals surface area (Å²) in [7, 11) is 1.94. The second kappa shape index (κ2) is 7.75. The minimum absolute atomic E-state index is 0. The molecule has 2 rings (SSSR count). The van der Waals surface area contributed by atoms with Crippen LogP contribution in [-0.4, -0.2) is 7.05 Å². The van der Waals surface area contributed by atoms with Crippen LogP contribution in [0.3, 0.4) is 0 Å². The number of ether oxygens (including phenoxy) is 1. The van der Waals surface area contributed by atoms with Gasteiger partial charge in [0, 0.05) is 12.1 Å². The van der Waals surface area contributed by atoms with Crippen LogP contribution in [0.4, 0.5) is 0 Å². The molecule has 2 aromatic rings. The standard InChI is InChI=1S/C15H17NO.ClH/c1-16-11-14-9-5-6-10-15(14)17-12-13-7-3-2-4-8-13;/h2-10,16H,11-12H2,1H3;1H. The summed E-state index contributed by atoms with van der Waals surface area (Å²) in [4.78, 5) is 0. The molecule has 96 valence electrons. The van der Waals surface area contributed by atoms with E-state index in [1.807, 2.05) is 43.4 Å². The first-order valence-electron chi connectivity index (χ1n) is 5.79. The highest BCUT2D eigenvalue weighted by atomic mass is 35.5. The Hall–Kier alpha value is -1.51. The van der Waals surface area contributed by atoms with Crippen molar-refractivity contribution in [2.24, 2.45) is 0 Å². The van der Waals surface area contributed by atoms with Gasteiger partial charge in [0.15, 0.2) is 0 Å². The number of halogens is 1. The summed E-state index contributed by atoms with van der Waals surface area (Å²) in [6.45, 7) is 1.44. The third-order valence-electron chi connectivity index (χ3n) is 2.58. The van der Waals surface area contributed by atoms with E-state index in [0.717, 1.165) is 12.3 Å². The number of hydrogen-bond donors (Lipinski definition) is 1. The van der Waals surface area contributed by atoms with Crippen molar-refractivity contribution in [2.75, 3.05) is 7.05 Å². The van der Waals surface area contributed by atoms with E-state index in [0.29, 0.717) is 6.61 Å². The summed E-state index contributed by atoms with van der Waals surface area (Å²) in [5, 5.41) is 3.14. The molecule has 0 heterocycles. The molecule has 0 aliphatic heterocycles. The van der Waals surface area contributed by atoms with Gasteiger partial charge in [-0.1, -0.05) is 48.5 Å². The van der Waals surface area contributed by atoms with E-state index >= 15 is 0 Å². The molecule has 0 radical (unpaired) electrons. The van der Waals surface area contributed by atoms with Gasteiger partial charge in [-0.3, -0.25) is 0 Å². The summed E-state index contributed by atoms with van der Waals surface area (Å²) >= 11 is 0. The highest BCUT2D eigenvalue weighted by Gasteiger charge is 2.01. The van der Waals surface area contributed by atoms with Crippen LogP contribution >= 0.6 is 12.4 Å². The Morgan fingerprint density at radius 2 is 1.61 bits per heavy atom. The molecule has 3 heteroatoms. The molecule has 2 aromatic carbocycles. The van der Waals surface area contributed by atoms with Crippen LogP contribution in [0, 0.1) is 0 Å². The Morgan fingerprint density at radius 1 is 0.944 bits per heavy atom. The molecule has 0 bridgehead atoms. The molecular formula is C15H18ClNO. The first-order chi connectivity index (χ1) is 8.40. The van der Waals surface area contributed by atoms with E-state index in [4.69, 9.17) is 4.74 Å². The lowest BCUT2D eigenvalue weighted by Gasteiger charge is -2.11. The van der Waals surface area contributed by atoms with Crippen LogP contribution < -0.4 is 10.1 Å². The molecule has 0 fully saturated rings. The average molecular weight is 264 g/mol. The average Bonchev–Trinajstić information content (AvgIpc) is 2.39. The fourth-order valence-corrected chi connectivity index (χ4v) is 1.72. The molecule has 1 N–H and O–H groups in total. The Labute approximate surface area is 114 Å². The normalized spacial score (nSPS) is 9.61. The van der Waals surface area contributed by atoms with Gasteiger partial charge in [-0.2, -0.15) is 0 Å². The van der Waals surface area contributed by atoms with Crippen LogP contribution in [-0.2, 0) is 13.2 Å². The lowest BCUT2D eigenvalue weighted by Crippen LogP contribution is -2.07. The topological polar surface area (TPSA) is 21.3 Å². The Bertz CT molecular complexity index is 459. The molecule has 2 nitrogen and oxygen atoms in total. The van der Waals surface area contributed by atoms with Gasteiger partial charge in [0.2, 0.25) is 0 Å². The number of hydrogen-bond acceptors (Lipinski definition) is 2. The highest BCUT2D eigenvalue weighted by molar-refractivity contribution is 5.85. The predicted octanol–water partition coefficient (Wildman–Crippen LogP) is 3.41. The van der Waals surface area contributed by atoms with Gasteiger partial charge in [-0.15, -0.1) is 12.4 Å². The molecule has 0 spiro atoms. The molecular weight excluding hydrogens is 246 g/mol. The van der Waals surface area contributed by atoms with Crippen molar-refractivity contribution in [1.29, 1.82) is 0 Å². The fourth-order valence-electron chi connectivity index (χ4n) is 1.72. The molecule has 18 heavy (non-hydrogen) atoms. The molecule has 0 aliphatic rings. The van der Waals surface area contributed by atoms with Crippen molar-refractivity contribution in [2.45, 2.75) is 13.2 Å². The molecule has 0 unspecified atom stereocenters. The zero-order valence-electron chi connectivity index (χ0n) is 10.4. The third kappa shape index (κ3) is 4.06. The quantitative estimate of drug-likeness (QED) is 0.893. The maximum Gasteiger partial charge on any atom is 0.124 e. The van der Waals surface area contributed by atoms with E-state index in [9.17, 15) is 0 Å². The van der Waals surface area contributed by atoms with Gasteiger partial charge < -0.3 is 10.1 Å². The molecule has 0 amide bonds. The first kappa shape index (κ1) is 14.6. The second-order valence-corrected chi connectivity index (χ2v) is 3.91. The van der Waals surface area contributed by atoms with E-state index in [-0.39, 0.29) is 12.4 Å². The largest absolute Gasteiger partial charge is 0.489 e. The third-order valence-corrected chi connectivity index (χ3v) is 2.58. The summed E-state index contributed by atoms with van der Waals surface area (Å²) in [5.74, 6) is 0.950. The maximum atomic E-state index is 5.84. The molecule has 0 saturated carbocycles. The van der Waals surface area contributed by atoms with E-state index in [2.05, 4.69) is 23.5 Å². The van der Waals surface area contributed by atoms with Gasteiger partial charge in [-0.05, 0) is 18.7 Å². The van der Waals surface area contributed by atoms with Crippen molar-refractivity contribution in [3.8, 4) is 5.75 Å². The molecule has 0 aliphatic carbocycles. The highest BCUT2D eigenvalue weighted by Crippen LogP contribution is 2.18. The number of para-hydroxylation sites is 1. The van der Waals surface area contributed by atoms with Gasteiger partial charge in [0.05, 0.1) is 0 Å². The Kier molecular flexibility index (Phi) is 6.26. The molecule has 0 aromatic heterocycles. The van der Waals surface area contributed by atoms with Crippen LogP contribution in [0.15, 0.2) is 54.6 Å². The van der Waals surface area contributed by atoms with E-state index < -0.39 is 0 Å². The molecule has 0 saturated heterocycles. The first-order valence-corrected chi connectivity index (χ1v) is 5.79. The zero-order chi connectivity index (χ0) is 11.9. The lowest BCUT2D eigenvalue weighted by molar-refractivity contribution is 0.302. The van der Waals surface area contributed by atoms with E-state index in [1.165, 1.54) is 11.1 Å². The maximum absolute atomic E-state index is 5.84. The summed E-state index contributed by atoms with van der Waals surface area (Å²) in [5.41, 5.74) is 2.37. The van der Waals surface area contributed by atoms with Gasteiger partial charge >= 0.3 is 0 Å². The van der Waals surface area contributed by atoms with Crippen molar-refractivity contribution in [1.82, 2.24) is 5.32 Å².